The molecule has 160 valence electrons. The van der Waals surface area contributed by atoms with Crippen LogP contribution in [0.25, 0.3) is 5.69 Å². The molecule has 11 nitrogen and oxygen atoms in total. The molecule has 11 heteroatoms. The third kappa shape index (κ3) is 5.01. The average Bonchev–Trinajstić information content (AvgIpc) is 3.14. The van der Waals surface area contributed by atoms with Gasteiger partial charge in [0.2, 0.25) is 0 Å². The van der Waals surface area contributed by atoms with E-state index in [4.69, 9.17) is 4.74 Å². The van der Waals surface area contributed by atoms with Crippen LogP contribution < -0.4 is 15.6 Å². The fourth-order valence-electron chi connectivity index (χ4n) is 2.75. The Morgan fingerprint density at radius 3 is 2.65 bits per heavy atom. The Balaban J connectivity index is 1.61. The van der Waals surface area contributed by atoms with Crippen molar-refractivity contribution in [2.75, 3.05) is 6.61 Å². The number of non-ortho nitro benzene ring substituents is 1. The zero-order valence-corrected chi connectivity index (χ0v) is 17.1. The maximum atomic E-state index is 12.4. The van der Waals surface area contributed by atoms with Crippen molar-refractivity contribution in [2.24, 2.45) is 0 Å². The fourth-order valence-corrected chi connectivity index (χ4v) is 2.75. The van der Waals surface area contributed by atoms with Crippen molar-refractivity contribution < 1.29 is 19.2 Å². The van der Waals surface area contributed by atoms with Crippen LogP contribution in [0.3, 0.4) is 0 Å². The minimum Gasteiger partial charge on any atom is -0.483 e. The predicted molar refractivity (Wildman–Crippen MR) is 110 cm³/mol. The molecule has 0 radical (unpaired) electrons. The van der Waals surface area contributed by atoms with Gasteiger partial charge in [0.15, 0.2) is 12.3 Å². The van der Waals surface area contributed by atoms with Crippen LogP contribution in [0.4, 0.5) is 5.69 Å². The molecule has 2 amide bonds. The Bertz CT molecular complexity index is 1160. The summed E-state index contributed by atoms with van der Waals surface area (Å²) >= 11 is 0. The largest absolute Gasteiger partial charge is 0.483 e. The number of hydrogen-bond acceptors (Lipinski definition) is 7. The molecule has 2 N–H and O–H groups in total. The number of benzene rings is 2. The second-order valence-corrected chi connectivity index (χ2v) is 6.77. The number of nitro groups is 1. The topological polar surface area (TPSA) is 141 Å². The van der Waals surface area contributed by atoms with Crippen LogP contribution in [-0.2, 0) is 4.79 Å². The fraction of sp³-hybridized carbons (Fsp3) is 0.200. The maximum absolute atomic E-state index is 12.4. The molecule has 0 aliphatic heterocycles. The summed E-state index contributed by atoms with van der Waals surface area (Å²) in [5.41, 5.74) is 6.96. The third-order valence-electron chi connectivity index (χ3n) is 4.41. The molecular formula is C20H20N6O5. The van der Waals surface area contributed by atoms with E-state index >= 15 is 0 Å². The summed E-state index contributed by atoms with van der Waals surface area (Å²) in [7, 11) is 0. The zero-order chi connectivity index (χ0) is 22.5. The van der Waals surface area contributed by atoms with Gasteiger partial charge in [0.25, 0.3) is 17.5 Å². The SMILES string of the molecule is Cc1ccc(C)c(OCC(=O)NNC(=O)c2nnn(-c3cccc([N+](=O)[O-])c3)c2C)c1. The number of amides is 2. The smallest absolute Gasteiger partial charge is 0.292 e. The lowest BCUT2D eigenvalue weighted by molar-refractivity contribution is -0.384. The lowest BCUT2D eigenvalue weighted by Crippen LogP contribution is -2.44. The second kappa shape index (κ2) is 9.03. The van der Waals surface area contributed by atoms with E-state index in [2.05, 4.69) is 21.2 Å². The van der Waals surface area contributed by atoms with Crippen LogP contribution in [-0.4, -0.2) is 38.3 Å². The van der Waals surface area contributed by atoms with Gasteiger partial charge in [-0.3, -0.25) is 30.6 Å². The van der Waals surface area contributed by atoms with E-state index in [1.54, 1.807) is 13.0 Å². The van der Waals surface area contributed by atoms with E-state index in [1.807, 2.05) is 32.0 Å². The number of aromatic nitrogens is 3. The van der Waals surface area contributed by atoms with Crippen molar-refractivity contribution in [3.63, 3.8) is 0 Å². The molecule has 2 aromatic carbocycles. The Morgan fingerprint density at radius 1 is 1.13 bits per heavy atom. The number of carbonyl (C=O) groups excluding carboxylic acids is 2. The van der Waals surface area contributed by atoms with Crippen molar-refractivity contribution >= 4 is 17.5 Å². The number of aryl methyl sites for hydroxylation is 2. The van der Waals surface area contributed by atoms with Gasteiger partial charge in [-0.1, -0.05) is 23.4 Å². The van der Waals surface area contributed by atoms with Gasteiger partial charge in [-0.2, -0.15) is 0 Å². The minimum atomic E-state index is -0.686. The number of rotatable bonds is 6. The van der Waals surface area contributed by atoms with Crippen LogP contribution in [0.2, 0.25) is 0 Å². The molecule has 31 heavy (non-hydrogen) atoms. The molecule has 0 atom stereocenters. The highest BCUT2D eigenvalue weighted by atomic mass is 16.6. The van der Waals surface area contributed by atoms with Crippen molar-refractivity contribution in [1.82, 2.24) is 25.8 Å². The molecule has 1 aromatic heterocycles. The lowest BCUT2D eigenvalue weighted by Gasteiger charge is -2.10. The van der Waals surface area contributed by atoms with Gasteiger partial charge in [-0.25, -0.2) is 4.68 Å². The van der Waals surface area contributed by atoms with E-state index in [-0.39, 0.29) is 18.0 Å². The minimum absolute atomic E-state index is 0.0396. The number of ether oxygens (including phenoxy) is 1. The van der Waals surface area contributed by atoms with Crippen LogP contribution in [0.15, 0.2) is 42.5 Å². The normalized spacial score (nSPS) is 10.4. The molecule has 0 aliphatic carbocycles. The standard InChI is InChI=1S/C20H20N6O5/c1-12-7-8-13(2)17(9-12)31-11-18(27)21-23-20(28)19-14(3)25(24-22-19)15-5-4-6-16(10-15)26(29)30/h4-10H,11H2,1-3H3,(H,21,27)(H,23,28). The summed E-state index contributed by atoms with van der Waals surface area (Å²) in [5.74, 6) is -0.663. The van der Waals surface area contributed by atoms with Crippen molar-refractivity contribution in [2.45, 2.75) is 20.8 Å². The molecule has 0 fully saturated rings. The van der Waals surface area contributed by atoms with Crippen LogP contribution >= 0.6 is 0 Å². The summed E-state index contributed by atoms with van der Waals surface area (Å²) in [6.07, 6.45) is 0. The summed E-state index contributed by atoms with van der Waals surface area (Å²) in [4.78, 5) is 34.8. The molecule has 0 saturated heterocycles. The highest BCUT2D eigenvalue weighted by Gasteiger charge is 2.19. The molecule has 0 saturated carbocycles. The monoisotopic (exact) mass is 424 g/mol. The molecule has 3 rings (SSSR count). The Hall–Kier alpha value is -4.28. The first-order chi connectivity index (χ1) is 14.8. The van der Waals surface area contributed by atoms with Crippen molar-refractivity contribution in [1.29, 1.82) is 0 Å². The van der Waals surface area contributed by atoms with Crippen LogP contribution in [0.5, 0.6) is 5.75 Å². The van der Waals surface area contributed by atoms with Crippen LogP contribution in [0.1, 0.15) is 27.3 Å². The van der Waals surface area contributed by atoms with Gasteiger partial charge in [-0.05, 0) is 44.0 Å². The summed E-state index contributed by atoms with van der Waals surface area (Å²) in [6.45, 7) is 5.07. The number of nitro benzene ring substituents is 1. The van der Waals surface area contributed by atoms with E-state index in [9.17, 15) is 19.7 Å². The van der Waals surface area contributed by atoms with E-state index in [0.717, 1.165) is 11.1 Å². The zero-order valence-electron chi connectivity index (χ0n) is 17.1. The first-order valence-corrected chi connectivity index (χ1v) is 9.22. The van der Waals surface area contributed by atoms with E-state index in [1.165, 1.54) is 22.9 Å². The summed E-state index contributed by atoms with van der Waals surface area (Å²) in [6, 6.07) is 11.4. The van der Waals surface area contributed by atoms with Gasteiger partial charge >= 0.3 is 0 Å². The predicted octanol–water partition coefficient (Wildman–Crippen LogP) is 1.94. The number of hydrazine groups is 1. The average molecular weight is 424 g/mol. The van der Waals surface area contributed by atoms with Gasteiger partial charge in [0.1, 0.15) is 5.75 Å². The number of hydrogen-bond donors (Lipinski definition) is 2. The lowest BCUT2D eigenvalue weighted by atomic mass is 10.1. The van der Waals surface area contributed by atoms with Gasteiger partial charge < -0.3 is 4.74 Å². The molecule has 1 heterocycles. The first kappa shape index (κ1) is 21.4. The van der Waals surface area contributed by atoms with Gasteiger partial charge in [0.05, 0.1) is 16.3 Å². The van der Waals surface area contributed by atoms with Gasteiger partial charge in [0, 0.05) is 12.1 Å². The number of nitrogens with zero attached hydrogens (tertiary/aromatic N) is 4. The maximum Gasteiger partial charge on any atom is 0.292 e. The Morgan fingerprint density at radius 2 is 1.90 bits per heavy atom. The van der Waals surface area contributed by atoms with E-state index < -0.39 is 16.7 Å². The Kier molecular flexibility index (Phi) is 6.24. The van der Waals surface area contributed by atoms with Gasteiger partial charge in [-0.15, -0.1) is 5.10 Å². The molecule has 0 unspecified atom stereocenters. The molecule has 0 aliphatic rings. The van der Waals surface area contributed by atoms with Crippen LogP contribution in [0, 0.1) is 30.9 Å². The highest BCUT2D eigenvalue weighted by molar-refractivity contribution is 5.94. The molecule has 0 bridgehead atoms. The molecular weight excluding hydrogens is 404 g/mol. The van der Waals surface area contributed by atoms with E-state index in [0.29, 0.717) is 17.1 Å². The third-order valence-corrected chi connectivity index (χ3v) is 4.41. The Labute approximate surface area is 177 Å². The second-order valence-electron chi connectivity index (χ2n) is 6.77. The number of carbonyl (C=O) groups is 2. The molecule has 0 spiro atoms. The first-order valence-electron chi connectivity index (χ1n) is 9.22. The number of nitrogens with one attached hydrogen (secondary N) is 2. The highest BCUT2D eigenvalue weighted by Crippen LogP contribution is 2.19. The summed E-state index contributed by atoms with van der Waals surface area (Å²) in [5, 5.41) is 18.6. The van der Waals surface area contributed by atoms with Crippen molar-refractivity contribution in [3.8, 4) is 11.4 Å². The quantitative estimate of drug-likeness (QED) is 0.455. The van der Waals surface area contributed by atoms with Crippen molar-refractivity contribution in [3.05, 3.63) is 75.1 Å². The summed E-state index contributed by atoms with van der Waals surface area (Å²) < 4.78 is 6.78. The molecule has 3 aromatic rings.